The van der Waals surface area contributed by atoms with E-state index in [9.17, 15) is 9.59 Å². The Kier molecular flexibility index (Phi) is 15.3. The molecule has 2 atom stereocenters. The summed E-state index contributed by atoms with van der Waals surface area (Å²) in [6.45, 7) is 14.6. The van der Waals surface area contributed by atoms with E-state index in [2.05, 4.69) is 13.8 Å². The van der Waals surface area contributed by atoms with Crippen LogP contribution in [0.3, 0.4) is 0 Å². The van der Waals surface area contributed by atoms with Crippen molar-refractivity contribution in [2.24, 2.45) is 17.3 Å². The summed E-state index contributed by atoms with van der Waals surface area (Å²) in [7, 11) is 0. The zero-order valence-electron chi connectivity index (χ0n) is 17.0. The van der Waals surface area contributed by atoms with Crippen molar-refractivity contribution >= 4 is 11.8 Å². The highest BCUT2D eigenvalue weighted by molar-refractivity contribution is 5.84. The average molecular weight is 345 g/mol. The number of hydrogen-bond acceptors (Lipinski definition) is 4. The zero-order chi connectivity index (χ0) is 19.2. The third kappa shape index (κ3) is 8.27. The van der Waals surface area contributed by atoms with Crippen molar-refractivity contribution in [2.75, 3.05) is 13.2 Å². The highest BCUT2D eigenvalue weighted by Crippen LogP contribution is 2.48. The van der Waals surface area contributed by atoms with Crippen LogP contribution in [0.1, 0.15) is 87.0 Å². The van der Waals surface area contributed by atoms with E-state index in [4.69, 9.17) is 9.84 Å². The maximum absolute atomic E-state index is 12.1. The Balaban J connectivity index is 0. The molecule has 4 nitrogen and oxygen atoms in total. The highest BCUT2D eigenvalue weighted by atomic mass is 16.5. The van der Waals surface area contributed by atoms with E-state index in [1.54, 1.807) is 0 Å². The number of rotatable bonds is 7. The summed E-state index contributed by atoms with van der Waals surface area (Å²) < 4.78 is 5.26. The van der Waals surface area contributed by atoms with Crippen molar-refractivity contribution in [1.29, 1.82) is 0 Å². The van der Waals surface area contributed by atoms with Crippen LogP contribution in [0.2, 0.25) is 0 Å². The van der Waals surface area contributed by atoms with Crippen molar-refractivity contribution in [2.45, 2.75) is 87.0 Å². The van der Waals surface area contributed by atoms with Crippen LogP contribution >= 0.6 is 0 Å². The third-order valence-electron chi connectivity index (χ3n) is 4.36. The molecule has 24 heavy (non-hydrogen) atoms. The van der Waals surface area contributed by atoms with Crippen molar-refractivity contribution in [1.82, 2.24) is 0 Å². The first-order chi connectivity index (χ1) is 11.4. The summed E-state index contributed by atoms with van der Waals surface area (Å²) in [5.41, 5.74) is -0.304. The summed E-state index contributed by atoms with van der Waals surface area (Å²) in [6, 6.07) is 0. The van der Waals surface area contributed by atoms with Gasteiger partial charge in [0.15, 0.2) is 0 Å². The van der Waals surface area contributed by atoms with Gasteiger partial charge in [-0.1, -0.05) is 54.9 Å². The lowest BCUT2D eigenvalue weighted by atomic mass is 9.73. The summed E-state index contributed by atoms with van der Waals surface area (Å²) >= 11 is 0. The molecule has 1 saturated carbocycles. The summed E-state index contributed by atoms with van der Waals surface area (Å²) in [5.74, 6) is -0.135. The van der Waals surface area contributed by atoms with Crippen LogP contribution in [0.4, 0.5) is 0 Å². The van der Waals surface area contributed by atoms with Gasteiger partial charge in [0.1, 0.15) is 5.78 Å². The Labute approximate surface area is 149 Å². The lowest BCUT2D eigenvalue weighted by Gasteiger charge is -2.30. The van der Waals surface area contributed by atoms with Crippen molar-refractivity contribution in [3.05, 3.63) is 0 Å². The lowest BCUT2D eigenvalue weighted by molar-refractivity contribution is -0.152. The predicted molar refractivity (Wildman–Crippen MR) is 99.9 cm³/mol. The molecule has 1 fully saturated rings. The summed E-state index contributed by atoms with van der Waals surface area (Å²) in [5, 5.41) is 8.67. The molecule has 0 saturated heterocycles. The first kappa shape index (κ1) is 25.3. The molecule has 1 N–H and O–H groups in total. The second-order valence-corrected chi connectivity index (χ2v) is 6.63. The number of carbonyl (C=O) groups is 2. The molecule has 0 aromatic heterocycles. The third-order valence-corrected chi connectivity index (χ3v) is 4.36. The smallest absolute Gasteiger partial charge is 0.309 e. The predicted octanol–water partition coefficient (Wildman–Crippen LogP) is 4.78. The number of Topliss-reactive ketones (excluding diaryl/α,β-unsaturated/α-hetero) is 1. The zero-order valence-corrected chi connectivity index (χ0v) is 17.0. The molecular formula is C20H40O4. The summed E-state index contributed by atoms with van der Waals surface area (Å²) in [6.07, 6.45) is 4.65. The van der Waals surface area contributed by atoms with E-state index in [0.29, 0.717) is 25.9 Å². The Morgan fingerprint density at radius 1 is 1.04 bits per heavy atom. The Hall–Kier alpha value is -0.900. The van der Waals surface area contributed by atoms with Crippen LogP contribution in [0, 0.1) is 17.3 Å². The van der Waals surface area contributed by atoms with E-state index in [0.717, 1.165) is 12.8 Å². The lowest BCUT2D eigenvalue weighted by Crippen LogP contribution is -2.35. The van der Waals surface area contributed by atoms with Gasteiger partial charge in [0, 0.05) is 18.9 Å². The van der Waals surface area contributed by atoms with Gasteiger partial charge in [0.05, 0.1) is 12.5 Å². The fraction of sp³-hybridized carbons (Fsp3) is 0.900. The first-order valence-electron chi connectivity index (χ1n) is 9.66. The summed E-state index contributed by atoms with van der Waals surface area (Å²) in [4.78, 5) is 24.0. The van der Waals surface area contributed by atoms with Crippen LogP contribution in [-0.2, 0) is 14.3 Å². The Morgan fingerprint density at radius 3 is 2.00 bits per heavy atom. The van der Waals surface area contributed by atoms with Gasteiger partial charge in [-0.15, -0.1) is 0 Å². The van der Waals surface area contributed by atoms with Crippen molar-refractivity contribution in [3.63, 3.8) is 0 Å². The molecule has 1 aliphatic carbocycles. The fourth-order valence-corrected chi connectivity index (χ4v) is 3.05. The Bertz CT molecular complexity index is 337. The number of ether oxygens (including phenoxy) is 1. The number of aliphatic hydroxyl groups excluding tert-OH is 1. The van der Waals surface area contributed by atoms with Crippen LogP contribution in [-0.4, -0.2) is 30.1 Å². The second-order valence-electron chi connectivity index (χ2n) is 6.63. The van der Waals surface area contributed by atoms with E-state index in [1.807, 2.05) is 34.6 Å². The molecule has 144 valence electrons. The maximum atomic E-state index is 12.1. The minimum absolute atomic E-state index is 0.0208. The molecule has 2 unspecified atom stereocenters. The van der Waals surface area contributed by atoms with Crippen LogP contribution < -0.4 is 0 Å². The normalized spacial score (nSPS) is 21.0. The molecular weight excluding hydrogens is 304 g/mol. The number of esters is 1. The standard InChI is InChI=1S/C15H26O4.C3H8.C2H6/c1-4-13(17)11-7-8-12(15(11,2)3)14(18)19-10-6-5-9-16;1-3-2;1-2/h11-12,16H,4-10H2,1-3H3;3H2,1-2H3;1-2H3. The quantitative estimate of drug-likeness (QED) is 0.533. The van der Waals surface area contributed by atoms with E-state index in [1.165, 1.54) is 6.42 Å². The SMILES string of the molecule is CC.CCC.CCC(=O)C1CCC(C(=O)OCCCCO)C1(C)C. The van der Waals surface area contributed by atoms with Gasteiger partial charge in [-0.2, -0.15) is 0 Å². The molecule has 0 bridgehead atoms. The molecule has 0 aliphatic heterocycles. The molecule has 0 aromatic rings. The monoisotopic (exact) mass is 344 g/mol. The molecule has 0 amide bonds. The second kappa shape index (κ2) is 14.4. The van der Waals surface area contributed by atoms with Gasteiger partial charge < -0.3 is 9.84 Å². The topological polar surface area (TPSA) is 63.6 Å². The van der Waals surface area contributed by atoms with E-state index in [-0.39, 0.29) is 35.6 Å². The van der Waals surface area contributed by atoms with Gasteiger partial charge in [0.2, 0.25) is 0 Å². The number of unbranched alkanes of at least 4 members (excludes halogenated alkanes) is 1. The van der Waals surface area contributed by atoms with Crippen LogP contribution in [0.5, 0.6) is 0 Å². The van der Waals surface area contributed by atoms with Gasteiger partial charge in [-0.3, -0.25) is 9.59 Å². The minimum Gasteiger partial charge on any atom is -0.465 e. The molecule has 0 spiro atoms. The van der Waals surface area contributed by atoms with Crippen molar-refractivity contribution in [3.8, 4) is 0 Å². The number of carbonyl (C=O) groups excluding carboxylic acids is 2. The number of hydrogen-bond donors (Lipinski definition) is 1. The largest absolute Gasteiger partial charge is 0.465 e. The van der Waals surface area contributed by atoms with Crippen LogP contribution in [0.15, 0.2) is 0 Å². The van der Waals surface area contributed by atoms with Gasteiger partial charge >= 0.3 is 5.97 Å². The van der Waals surface area contributed by atoms with Crippen molar-refractivity contribution < 1.29 is 19.4 Å². The van der Waals surface area contributed by atoms with Gasteiger partial charge in [-0.25, -0.2) is 0 Å². The van der Waals surface area contributed by atoms with Crippen LogP contribution in [0.25, 0.3) is 0 Å². The minimum atomic E-state index is -0.304. The van der Waals surface area contributed by atoms with E-state index >= 15 is 0 Å². The maximum Gasteiger partial charge on any atom is 0.309 e. The average Bonchev–Trinajstić information content (AvgIpc) is 2.88. The fourth-order valence-electron chi connectivity index (χ4n) is 3.05. The van der Waals surface area contributed by atoms with E-state index < -0.39 is 0 Å². The van der Waals surface area contributed by atoms with Gasteiger partial charge in [0.25, 0.3) is 0 Å². The molecule has 0 aromatic carbocycles. The molecule has 0 radical (unpaired) electrons. The molecule has 4 heteroatoms. The molecule has 1 rings (SSSR count). The number of ketones is 1. The first-order valence-corrected chi connectivity index (χ1v) is 9.66. The highest BCUT2D eigenvalue weighted by Gasteiger charge is 2.49. The molecule has 1 aliphatic rings. The molecule has 0 heterocycles. The number of aliphatic hydroxyl groups is 1. The Morgan fingerprint density at radius 2 is 1.54 bits per heavy atom. The van der Waals surface area contributed by atoms with Gasteiger partial charge in [-0.05, 0) is 31.1 Å².